The first-order valence-corrected chi connectivity index (χ1v) is 18.4. The number of benzene rings is 8. The first-order valence-electron chi connectivity index (χ1n) is 17.6. The average molecular weight is 683 g/mol. The van der Waals surface area contributed by atoms with Gasteiger partial charge in [-0.1, -0.05) is 115 Å². The summed E-state index contributed by atoms with van der Waals surface area (Å²) >= 11 is 1.85. The molecule has 0 fully saturated rings. The number of para-hydroxylation sites is 3. The van der Waals surface area contributed by atoms with Crippen molar-refractivity contribution in [3.8, 4) is 16.8 Å². The fraction of sp³-hybridized carbons (Fsp3) is 0. The number of nitrogens with zero attached hydrogens (tertiary/aromatic N) is 2. The maximum absolute atomic E-state index is 6.83. The van der Waals surface area contributed by atoms with E-state index in [4.69, 9.17) is 4.42 Å². The highest BCUT2D eigenvalue weighted by Crippen LogP contribution is 2.52. The molecule has 0 saturated carbocycles. The topological polar surface area (TPSA) is 21.3 Å². The molecule has 0 amide bonds. The highest BCUT2D eigenvalue weighted by atomic mass is 32.1. The Bertz CT molecular complexity index is 3120. The van der Waals surface area contributed by atoms with Gasteiger partial charge in [0.2, 0.25) is 0 Å². The van der Waals surface area contributed by atoms with E-state index in [0.717, 1.165) is 61.3 Å². The summed E-state index contributed by atoms with van der Waals surface area (Å²) in [6.07, 6.45) is 0. The van der Waals surface area contributed by atoms with Gasteiger partial charge < -0.3 is 13.9 Å². The van der Waals surface area contributed by atoms with Crippen LogP contribution in [0.1, 0.15) is 0 Å². The predicted octanol–water partition coefficient (Wildman–Crippen LogP) is 14.2. The Hall–Kier alpha value is -6.62. The zero-order chi connectivity index (χ0) is 34.2. The molecule has 0 saturated heterocycles. The molecule has 0 atom stereocenters. The second kappa shape index (κ2) is 11.5. The van der Waals surface area contributed by atoms with Crippen molar-refractivity contribution in [3.05, 3.63) is 182 Å². The lowest BCUT2D eigenvalue weighted by molar-refractivity contribution is 0.670. The van der Waals surface area contributed by atoms with Crippen LogP contribution >= 0.6 is 11.3 Å². The predicted molar refractivity (Wildman–Crippen MR) is 221 cm³/mol. The van der Waals surface area contributed by atoms with Gasteiger partial charge in [0.15, 0.2) is 0 Å². The Labute approximate surface area is 303 Å². The minimum absolute atomic E-state index is 0.875. The maximum Gasteiger partial charge on any atom is 0.145 e. The van der Waals surface area contributed by atoms with Gasteiger partial charge in [-0.25, -0.2) is 0 Å². The zero-order valence-electron chi connectivity index (χ0n) is 28.0. The first kappa shape index (κ1) is 29.1. The van der Waals surface area contributed by atoms with Crippen molar-refractivity contribution in [1.82, 2.24) is 4.57 Å². The molecule has 0 aliphatic rings. The molecule has 3 aromatic heterocycles. The van der Waals surface area contributed by atoms with Crippen LogP contribution in [-0.4, -0.2) is 4.57 Å². The molecule has 0 aliphatic carbocycles. The van der Waals surface area contributed by atoms with E-state index in [1.807, 2.05) is 11.3 Å². The van der Waals surface area contributed by atoms with E-state index < -0.39 is 0 Å². The number of fused-ring (bicyclic) bond motifs is 9. The molecule has 0 bridgehead atoms. The molecule has 4 heteroatoms. The number of hydrogen-bond donors (Lipinski definition) is 0. The van der Waals surface area contributed by atoms with Crippen LogP contribution in [0.25, 0.3) is 80.7 Å². The molecule has 0 N–H and O–H groups in total. The van der Waals surface area contributed by atoms with Crippen LogP contribution in [0.4, 0.5) is 17.1 Å². The summed E-state index contributed by atoms with van der Waals surface area (Å²) in [5, 5.41) is 7.11. The van der Waals surface area contributed by atoms with E-state index in [1.54, 1.807) is 0 Å². The van der Waals surface area contributed by atoms with Gasteiger partial charge in [-0.05, 0) is 72.3 Å². The molecule has 3 heterocycles. The van der Waals surface area contributed by atoms with Crippen molar-refractivity contribution in [3.63, 3.8) is 0 Å². The van der Waals surface area contributed by atoms with E-state index >= 15 is 0 Å². The molecular formula is C48H30N2OS. The second-order valence-electron chi connectivity index (χ2n) is 13.2. The third-order valence-electron chi connectivity index (χ3n) is 10.4. The fourth-order valence-electron chi connectivity index (χ4n) is 8.22. The maximum atomic E-state index is 6.83. The largest absolute Gasteiger partial charge is 0.455 e. The van der Waals surface area contributed by atoms with E-state index in [0.29, 0.717) is 0 Å². The number of furan rings is 1. The Morgan fingerprint density at radius 3 is 1.88 bits per heavy atom. The molecule has 11 rings (SSSR count). The lowest BCUT2D eigenvalue weighted by atomic mass is 9.99. The number of anilines is 3. The van der Waals surface area contributed by atoms with Gasteiger partial charge in [-0.15, -0.1) is 11.3 Å². The number of thiophene rings is 1. The van der Waals surface area contributed by atoms with Crippen LogP contribution in [0, 0.1) is 0 Å². The third kappa shape index (κ3) is 4.25. The lowest BCUT2D eigenvalue weighted by Crippen LogP contribution is -2.11. The Balaban J connectivity index is 1.32. The molecule has 244 valence electrons. The van der Waals surface area contributed by atoms with Gasteiger partial charge in [0.1, 0.15) is 11.2 Å². The van der Waals surface area contributed by atoms with Gasteiger partial charge in [0.25, 0.3) is 0 Å². The minimum Gasteiger partial charge on any atom is -0.455 e. The molecule has 52 heavy (non-hydrogen) atoms. The molecular weight excluding hydrogens is 653 g/mol. The Morgan fingerprint density at radius 1 is 0.423 bits per heavy atom. The Kier molecular flexibility index (Phi) is 6.42. The summed E-state index contributed by atoms with van der Waals surface area (Å²) < 4.78 is 11.8. The third-order valence-corrected chi connectivity index (χ3v) is 11.5. The van der Waals surface area contributed by atoms with Gasteiger partial charge in [0, 0.05) is 47.6 Å². The summed E-state index contributed by atoms with van der Waals surface area (Å²) in [5.74, 6) is 0. The van der Waals surface area contributed by atoms with Crippen molar-refractivity contribution >= 4 is 92.3 Å². The van der Waals surface area contributed by atoms with Gasteiger partial charge in [-0.2, -0.15) is 0 Å². The molecule has 3 nitrogen and oxygen atoms in total. The molecule has 0 spiro atoms. The fourth-order valence-corrected chi connectivity index (χ4v) is 9.34. The molecule has 11 aromatic rings. The summed E-state index contributed by atoms with van der Waals surface area (Å²) in [7, 11) is 0. The van der Waals surface area contributed by atoms with E-state index in [9.17, 15) is 0 Å². The summed E-state index contributed by atoms with van der Waals surface area (Å²) in [6, 6.07) is 65.3. The zero-order valence-corrected chi connectivity index (χ0v) is 28.8. The normalized spacial score (nSPS) is 11.8. The van der Waals surface area contributed by atoms with Gasteiger partial charge >= 0.3 is 0 Å². The monoisotopic (exact) mass is 682 g/mol. The van der Waals surface area contributed by atoms with Crippen LogP contribution in [0.3, 0.4) is 0 Å². The summed E-state index contributed by atoms with van der Waals surface area (Å²) in [4.78, 5) is 2.50. The number of rotatable bonds is 5. The van der Waals surface area contributed by atoms with E-state index in [2.05, 4.69) is 191 Å². The first-order chi connectivity index (χ1) is 25.8. The quantitative estimate of drug-likeness (QED) is 0.180. The van der Waals surface area contributed by atoms with E-state index in [1.165, 1.54) is 36.5 Å². The molecule has 8 aromatic carbocycles. The number of hydrogen-bond acceptors (Lipinski definition) is 3. The van der Waals surface area contributed by atoms with Crippen LogP contribution in [0.5, 0.6) is 0 Å². The van der Waals surface area contributed by atoms with Crippen LogP contribution in [0.15, 0.2) is 186 Å². The van der Waals surface area contributed by atoms with Crippen molar-refractivity contribution in [2.45, 2.75) is 0 Å². The Morgan fingerprint density at radius 2 is 1.04 bits per heavy atom. The smallest absolute Gasteiger partial charge is 0.145 e. The standard InChI is InChI=1S/C48H30N2OS/c1-3-15-31(16-4-1)33-29-30-41(47-35-20-8-11-26-42(35)51-48(33)47)50(40-25-14-28-44-46(40)36-21-9-12-27-43(36)52-44)39-24-13-23-38-45(39)34-19-7-10-22-37(34)49(38)32-17-5-2-6-18-32/h1-30H. The summed E-state index contributed by atoms with van der Waals surface area (Å²) in [6.45, 7) is 0. The molecule has 0 radical (unpaired) electrons. The van der Waals surface area contributed by atoms with Gasteiger partial charge in [-0.3, -0.25) is 0 Å². The van der Waals surface area contributed by atoms with Crippen molar-refractivity contribution in [1.29, 1.82) is 0 Å². The van der Waals surface area contributed by atoms with E-state index in [-0.39, 0.29) is 0 Å². The number of aromatic nitrogens is 1. The average Bonchev–Trinajstić information content (AvgIpc) is 3.89. The SMILES string of the molecule is c1ccc(-c2ccc(N(c3cccc4sc5ccccc5c34)c3cccc4c3c3ccccc3n4-c3ccccc3)c3c2oc2ccccc23)cc1. The minimum atomic E-state index is 0.875. The second-order valence-corrected chi connectivity index (χ2v) is 14.3. The van der Waals surface area contributed by atoms with Crippen LogP contribution < -0.4 is 4.90 Å². The highest BCUT2D eigenvalue weighted by molar-refractivity contribution is 7.26. The molecule has 0 unspecified atom stereocenters. The van der Waals surface area contributed by atoms with Crippen molar-refractivity contribution < 1.29 is 4.42 Å². The van der Waals surface area contributed by atoms with Crippen LogP contribution in [-0.2, 0) is 0 Å². The van der Waals surface area contributed by atoms with Crippen LogP contribution in [0.2, 0.25) is 0 Å². The molecule has 0 aliphatic heterocycles. The highest BCUT2D eigenvalue weighted by Gasteiger charge is 2.27. The van der Waals surface area contributed by atoms with Crippen molar-refractivity contribution in [2.75, 3.05) is 4.90 Å². The van der Waals surface area contributed by atoms with Gasteiger partial charge in [0.05, 0.1) is 33.5 Å². The summed E-state index contributed by atoms with van der Waals surface area (Å²) in [5.41, 5.74) is 10.8. The van der Waals surface area contributed by atoms with Crippen molar-refractivity contribution in [2.24, 2.45) is 0 Å². The lowest BCUT2D eigenvalue weighted by Gasteiger charge is -2.28.